The van der Waals surface area contributed by atoms with E-state index < -0.39 is 38.6 Å². The van der Waals surface area contributed by atoms with E-state index in [2.05, 4.69) is 20.5 Å². The van der Waals surface area contributed by atoms with Gasteiger partial charge in [0, 0.05) is 29.8 Å². The monoisotopic (exact) mass is 632 g/mol. The van der Waals surface area contributed by atoms with Crippen LogP contribution in [-0.4, -0.2) is 43.3 Å². The lowest BCUT2D eigenvalue weighted by Crippen LogP contribution is -2.24. The number of hydrogen-bond acceptors (Lipinski definition) is 9. The molecule has 0 spiro atoms. The average molecular weight is 633 g/mol. The van der Waals surface area contributed by atoms with Gasteiger partial charge in [0.25, 0.3) is 11.1 Å². The third-order valence-electron chi connectivity index (χ3n) is 7.53. The molecule has 13 heteroatoms. The Morgan fingerprint density at radius 1 is 1.02 bits per heavy atom. The highest BCUT2D eigenvalue weighted by molar-refractivity contribution is 7.92. The lowest BCUT2D eigenvalue weighted by Gasteiger charge is -2.20. The van der Waals surface area contributed by atoms with Crippen LogP contribution in [0.15, 0.2) is 75.4 Å². The largest absolute Gasteiger partial charge is 0.392 e. The molecule has 0 unspecified atom stereocenters. The highest BCUT2D eigenvalue weighted by Gasteiger charge is 2.22. The fourth-order valence-corrected chi connectivity index (χ4v) is 5.88. The van der Waals surface area contributed by atoms with Gasteiger partial charge in [-0.2, -0.15) is 14.9 Å². The van der Waals surface area contributed by atoms with Gasteiger partial charge in [0.2, 0.25) is 0 Å². The molecule has 0 saturated carbocycles. The number of hydrogen-bond donors (Lipinski definition) is 2. The number of aryl methyl sites for hydroxylation is 1. The van der Waals surface area contributed by atoms with Gasteiger partial charge in [-0.15, -0.1) is 0 Å². The van der Waals surface area contributed by atoms with E-state index in [1.54, 1.807) is 38.1 Å². The molecule has 0 bridgehead atoms. The van der Waals surface area contributed by atoms with Crippen molar-refractivity contribution >= 4 is 32.1 Å². The molecule has 3 heterocycles. The molecule has 0 aliphatic rings. The molecule has 0 aliphatic carbocycles. The number of anilines is 2. The fraction of sp³-hybridized carbons (Fsp3) is 0.281. The summed E-state index contributed by atoms with van der Waals surface area (Å²) in [7, 11) is -2.07. The van der Waals surface area contributed by atoms with Crippen LogP contribution in [0, 0.1) is 5.82 Å². The van der Waals surface area contributed by atoms with Gasteiger partial charge in [-0.25, -0.2) is 22.5 Å². The average Bonchev–Trinajstić information content (AvgIpc) is 2.98. The number of benzene rings is 2. The second-order valence-electron chi connectivity index (χ2n) is 12.0. The van der Waals surface area contributed by atoms with Crippen LogP contribution in [0.3, 0.4) is 0 Å². The molecule has 234 valence electrons. The molecule has 0 atom stereocenters. The minimum atomic E-state index is -3.52. The second-order valence-corrected chi connectivity index (χ2v) is 14.5. The van der Waals surface area contributed by atoms with E-state index in [1.807, 2.05) is 20.8 Å². The standard InChI is InChI=1S/C32H33FN6O5S/c1-18(2)45(43,44)21-10-11-28(34-16-21)36-26-14-25(37-38(6)30(26)41)22-8-7-9-27(23(22)17-40)39-31(42)29-19(15-35-39)12-20(13-24(29)33)32(3,4)5/h7-16,18,40H,17H2,1-6H3,(H,34,36). The maximum atomic E-state index is 15.3. The summed E-state index contributed by atoms with van der Waals surface area (Å²) in [5.74, 6) is -0.439. The topological polar surface area (TPSA) is 149 Å². The van der Waals surface area contributed by atoms with Crippen LogP contribution in [0.2, 0.25) is 0 Å². The highest BCUT2D eigenvalue weighted by Crippen LogP contribution is 2.30. The van der Waals surface area contributed by atoms with Crippen molar-refractivity contribution in [3.63, 3.8) is 0 Å². The predicted molar refractivity (Wildman–Crippen MR) is 170 cm³/mol. The van der Waals surface area contributed by atoms with Crippen LogP contribution in [-0.2, 0) is 28.9 Å². The van der Waals surface area contributed by atoms with Gasteiger partial charge in [-0.05, 0) is 61.2 Å². The van der Waals surface area contributed by atoms with Gasteiger partial charge in [-0.3, -0.25) is 9.59 Å². The summed E-state index contributed by atoms with van der Waals surface area (Å²) in [6.07, 6.45) is 2.64. The third kappa shape index (κ3) is 5.88. The quantitative estimate of drug-likeness (QED) is 0.266. The third-order valence-corrected chi connectivity index (χ3v) is 9.67. The Hall–Kier alpha value is -4.75. The Bertz CT molecular complexity index is 2170. The molecule has 3 aromatic heterocycles. The molecule has 2 aromatic carbocycles. The van der Waals surface area contributed by atoms with E-state index in [4.69, 9.17) is 0 Å². The molecule has 0 aliphatic heterocycles. The van der Waals surface area contributed by atoms with Gasteiger partial charge in [-0.1, -0.05) is 32.9 Å². The van der Waals surface area contributed by atoms with E-state index >= 15 is 4.39 Å². The smallest absolute Gasteiger partial charge is 0.290 e. The van der Waals surface area contributed by atoms with Crippen molar-refractivity contribution in [2.24, 2.45) is 7.05 Å². The molecule has 45 heavy (non-hydrogen) atoms. The number of halogens is 1. The first-order chi connectivity index (χ1) is 21.1. The van der Waals surface area contributed by atoms with Crippen molar-refractivity contribution in [3.8, 4) is 16.9 Å². The molecular weight excluding hydrogens is 599 g/mol. The Morgan fingerprint density at radius 3 is 2.38 bits per heavy atom. The summed E-state index contributed by atoms with van der Waals surface area (Å²) < 4.78 is 42.4. The maximum absolute atomic E-state index is 15.3. The maximum Gasteiger partial charge on any atom is 0.290 e. The van der Waals surface area contributed by atoms with Crippen molar-refractivity contribution in [2.45, 2.75) is 56.8 Å². The first-order valence-corrected chi connectivity index (χ1v) is 15.7. The number of nitrogens with one attached hydrogen (secondary N) is 1. The number of fused-ring (bicyclic) bond motifs is 1. The Balaban J connectivity index is 1.59. The normalized spacial score (nSPS) is 12.2. The van der Waals surface area contributed by atoms with E-state index in [9.17, 15) is 23.1 Å². The molecule has 5 aromatic rings. The summed E-state index contributed by atoms with van der Waals surface area (Å²) in [5.41, 5.74) is 0.457. The lowest BCUT2D eigenvalue weighted by molar-refractivity contribution is 0.281. The summed E-state index contributed by atoms with van der Waals surface area (Å²) in [6.45, 7) is 8.47. The minimum absolute atomic E-state index is 0.0582. The highest BCUT2D eigenvalue weighted by atomic mass is 32.2. The molecule has 0 amide bonds. The SMILES string of the molecule is CC(C)S(=O)(=O)c1ccc(Nc2cc(-c3cccc(-n4ncc5cc(C(C)(C)C)cc(F)c5c4=O)c3CO)nn(C)c2=O)nc1. The van der Waals surface area contributed by atoms with Gasteiger partial charge >= 0.3 is 0 Å². The fourth-order valence-electron chi connectivity index (χ4n) is 4.88. The van der Waals surface area contributed by atoms with Crippen LogP contribution in [0.1, 0.15) is 45.7 Å². The second kappa shape index (κ2) is 11.6. The minimum Gasteiger partial charge on any atom is -0.392 e. The molecule has 2 N–H and O–H groups in total. The summed E-state index contributed by atoms with van der Waals surface area (Å²) in [4.78, 5) is 30.8. The van der Waals surface area contributed by atoms with Crippen LogP contribution >= 0.6 is 0 Å². The summed E-state index contributed by atoms with van der Waals surface area (Å²) >= 11 is 0. The number of aliphatic hydroxyl groups excluding tert-OH is 1. The van der Waals surface area contributed by atoms with E-state index in [-0.39, 0.29) is 44.1 Å². The van der Waals surface area contributed by atoms with Gasteiger partial charge in [0.05, 0.1) is 39.7 Å². The lowest BCUT2D eigenvalue weighted by atomic mass is 9.86. The summed E-state index contributed by atoms with van der Waals surface area (Å²) in [6, 6.07) is 12.3. The molecule has 0 fully saturated rings. The number of rotatable bonds is 7. The zero-order valence-electron chi connectivity index (χ0n) is 25.7. The Labute approximate surface area is 258 Å². The van der Waals surface area contributed by atoms with Crippen molar-refractivity contribution in [1.29, 1.82) is 0 Å². The number of nitrogens with zero attached hydrogens (tertiary/aromatic N) is 5. The van der Waals surface area contributed by atoms with Crippen LogP contribution < -0.4 is 16.4 Å². The van der Waals surface area contributed by atoms with E-state index in [0.29, 0.717) is 10.9 Å². The van der Waals surface area contributed by atoms with E-state index in [1.165, 1.54) is 43.7 Å². The first kappa shape index (κ1) is 31.7. The first-order valence-electron chi connectivity index (χ1n) is 14.1. The van der Waals surface area contributed by atoms with E-state index in [0.717, 1.165) is 14.9 Å². The van der Waals surface area contributed by atoms with Gasteiger partial charge < -0.3 is 10.4 Å². The Morgan fingerprint density at radius 2 is 1.76 bits per heavy atom. The van der Waals surface area contributed by atoms with Crippen molar-refractivity contribution < 1.29 is 17.9 Å². The molecule has 0 radical (unpaired) electrons. The van der Waals surface area contributed by atoms with Gasteiger partial charge in [0.1, 0.15) is 17.3 Å². The number of pyridine rings is 1. The van der Waals surface area contributed by atoms with Crippen molar-refractivity contribution in [3.05, 3.63) is 98.6 Å². The van der Waals surface area contributed by atoms with Crippen molar-refractivity contribution in [2.75, 3.05) is 5.32 Å². The number of sulfone groups is 1. The number of aromatic nitrogens is 5. The zero-order valence-corrected chi connectivity index (χ0v) is 26.5. The van der Waals surface area contributed by atoms with Crippen molar-refractivity contribution in [1.82, 2.24) is 24.5 Å². The predicted octanol–water partition coefficient (Wildman–Crippen LogP) is 4.40. The number of aliphatic hydroxyl groups is 1. The van der Waals surface area contributed by atoms with Crippen LogP contribution in [0.4, 0.5) is 15.9 Å². The molecule has 0 saturated heterocycles. The molecule has 11 nitrogen and oxygen atoms in total. The molecule has 5 rings (SSSR count). The Kier molecular flexibility index (Phi) is 8.19. The molecular formula is C32H33FN6O5S. The van der Waals surface area contributed by atoms with Crippen LogP contribution in [0.5, 0.6) is 0 Å². The van der Waals surface area contributed by atoms with Crippen LogP contribution in [0.25, 0.3) is 27.7 Å². The van der Waals surface area contributed by atoms with Gasteiger partial charge in [0.15, 0.2) is 9.84 Å². The summed E-state index contributed by atoms with van der Waals surface area (Å²) in [5, 5.41) is 21.7. The zero-order chi connectivity index (χ0) is 32.8.